The molecule has 0 fully saturated rings. The third kappa shape index (κ3) is 7.26. The van der Waals surface area contributed by atoms with E-state index >= 15 is 0 Å². The van der Waals surface area contributed by atoms with Crippen molar-refractivity contribution in [1.82, 2.24) is 0 Å². The Balaban J connectivity index is 0. The molecule has 1 atom stereocenters. The highest BCUT2D eigenvalue weighted by atomic mass is 35.5. The van der Waals surface area contributed by atoms with Crippen LogP contribution in [0.4, 0.5) is 13.2 Å². The molecule has 0 rings (SSSR count). The molecule has 0 aliphatic carbocycles. The number of ether oxygens (including phenoxy) is 1. The predicted molar refractivity (Wildman–Crippen MR) is 39.1 cm³/mol. The molecule has 0 saturated carbocycles. The lowest BCUT2D eigenvalue weighted by molar-refractivity contribution is -0.132. The van der Waals surface area contributed by atoms with Gasteiger partial charge in [0.25, 0.3) is 6.36 Å². The Labute approximate surface area is 77.6 Å². The highest BCUT2D eigenvalue weighted by molar-refractivity contribution is 5.85. The highest BCUT2D eigenvalue weighted by Gasteiger charge is 2.21. The summed E-state index contributed by atoms with van der Waals surface area (Å²) >= 11 is 0. The van der Waals surface area contributed by atoms with Crippen LogP contribution in [-0.4, -0.2) is 23.9 Å². The van der Waals surface area contributed by atoms with Gasteiger partial charge in [0, 0.05) is 0 Å². The summed E-state index contributed by atoms with van der Waals surface area (Å²) in [6.07, 6.45) is -5.99. The van der Waals surface area contributed by atoms with Crippen LogP contribution in [0.1, 0.15) is 0 Å². The molecule has 78 valence electrons. The van der Waals surface area contributed by atoms with Crippen LogP contribution in [0, 0.1) is 0 Å². The second kappa shape index (κ2) is 6.41. The lowest BCUT2D eigenvalue weighted by atomic mass is 10.6. The first kappa shape index (κ1) is 14.4. The first-order chi connectivity index (χ1) is 5.43. The first-order valence-electron chi connectivity index (χ1n) is 2.72. The Morgan fingerprint density at radius 1 is 1.46 bits per heavy atom. The van der Waals surface area contributed by atoms with Crippen LogP contribution in [0.2, 0.25) is 0 Å². The molecule has 8 heteroatoms. The maximum atomic E-state index is 11.9. The summed E-state index contributed by atoms with van der Waals surface area (Å²) in [5.41, 5.74) is 4.70. The molecule has 0 aromatic heterocycles. The average molecular weight is 222 g/mol. The second-order valence-corrected chi connectivity index (χ2v) is 1.69. The van der Waals surface area contributed by atoms with Gasteiger partial charge < -0.3 is 15.6 Å². The smallest absolute Gasteiger partial charge is 0.333 e. The standard InChI is InChI=1S/C5H6F3NO3.ClH/c6-4(7)5(8)12-2(9)1-3(10)11;/h1,4-5H,9H2,(H,10,11);1H/b2-1+;. The minimum Gasteiger partial charge on any atom is -0.478 e. The van der Waals surface area contributed by atoms with Gasteiger partial charge in [0.15, 0.2) is 5.88 Å². The van der Waals surface area contributed by atoms with Crippen molar-refractivity contribution in [3.05, 3.63) is 12.0 Å². The number of hydrogen-bond acceptors (Lipinski definition) is 3. The van der Waals surface area contributed by atoms with E-state index in [0.717, 1.165) is 0 Å². The molecule has 0 spiro atoms. The average Bonchev–Trinajstić information content (AvgIpc) is 1.84. The summed E-state index contributed by atoms with van der Waals surface area (Å²) in [4.78, 5) is 9.81. The maximum absolute atomic E-state index is 11.9. The van der Waals surface area contributed by atoms with E-state index in [2.05, 4.69) is 4.74 Å². The number of nitrogens with two attached hydrogens (primary N) is 1. The molecule has 0 heterocycles. The van der Waals surface area contributed by atoms with Crippen LogP contribution in [0.15, 0.2) is 12.0 Å². The summed E-state index contributed by atoms with van der Waals surface area (Å²) in [5.74, 6) is -2.41. The Morgan fingerprint density at radius 2 is 1.92 bits per heavy atom. The van der Waals surface area contributed by atoms with Crippen LogP contribution in [0.3, 0.4) is 0 Å². The van der Waals surface area contributed by atoms with Crippen LogP contribution < -0.4 is 5.73 Å². The summed E-state index contributed by atoms with van der Waals surface area (Å²) in [6.45, 7) is 0. The van der Waals surface area contributed by atoms with Crippen molar-refractivity contribution < 1.29 is 27.8 Å². The fraction of sp³-hybridized carbons (Fsp3) is 0.400. The van der Waals surface area contributed by atoms with Crippen LogP contribution in [0.25, 0.3) is 0 Å². The van der Waals surface area contributed by atoms with Gasteiger partial charge in [-0.15, -0.1) is 12.4 Å². The molecule has 0 amide bonds. The van der Waals surface area contributed by atoms with Crippen molar-refractivity contribution in [3.8, 4) is 0 Å². The Hall–Kier alpha value is -1.11. The molecular weight excluding hydrogens is 215 g/mol. The lowest BCUT2D eigenvalue weighted by Gasteiger charge is -2.08. The number of carbonyl (C=O) groups is 1. The molecule has 4 nitrogen and oxygen atoms in total. The van der Waals surface area contributed by atoms with E-state index < -0.39 is 24.6 Å². The fourth-order valence-electron chi connectivity index (χ4n) is 0.337. The fourth-order valence-corrected chi connectivity index (χ4v) is 0.337. The number of hydrogen-bond donors (Lipinski definition) is 2. The zero-order valence-corrected chi connectivity index (χ0v) is 6.93. The van der Waals surface area contributed by atoms with Gasteiger partial charge in [0.1, 0.15) is 0 Å². The van der Waals surface area contributed by atoms with Gasteiger partial charge in [-0.1, -0.05) is 0 Å². The zero-order valence-electron chi connectivity index (χ0n) is 6.12. The van der Waals surface area contributed by atoms with Gasteiger partial charge >= 0.3 is 12.4 Å². The van der Waals surface area contributed by atoms with Gasteiger partial charge in [0.05, 0.1) is 6.08 Å². The number of rotatable bonds is 4. The van der Waals surface area contributed by atoms with E-state index in [4.69, 9.17) is 10.8 Å². The van der Waals surface area contributed by atoms with E-state index in [1.54, 1.807) is 0 Å². The van der Waals surface area contributed by atoms with Gasteiger partial charge in [-0.3, -0.25) is 0 Å². The maximum Gasteiger partial charge on any atom is 0.333 e. The molecule has 0 saturated heterocycles. The van der Waals surface area contributed by atoms with Gasteiger partial charge in [-0.2, -0.15) is 4.39 Å². The molecule has 0 aromatic rings. The third-order valence-corrected chi connectivity index (χ3v) is 0.713. The van der Waals surface area contributed by atoms with Crippen LogP contribution in [0.5, 0.6) is 0 Å². The summed E-state index contributed by atoms with van der Waals surface area (Å²) in [7, 11) is 0. The zero-order chi connectivity index (χ0) is 9.72. The predicted octanol–water partition coefficient (Wildman–Crippen LogP) is 0.870. The van der Waals surface area contributed by atoms with Crippen molar-refractivity contribution in [2.24, 2.45) is 5.73 Å². The number of carboxylic acids is 1. The van der Waals surface area contributed by atoms with Crippen molar-refractivity contribution >= 4 is 18.4 Å². The summed E-state index contributed by atoms with van der Waals surface area (Å²) in [6, 6.07) is 0. The molecule has 13 heavy (non-hydrogen) atoms. The van der Waals surface area contributed by atoms with Crippen molar-refractivity contribution in [2.75, 3.05) is 0 Å². The van der Waals surface area contributed by atoms with Crippen molar-refractivity contribution in [3.63, 3.8) is 0 Å². The van der Waals surface area contributed by atoms with Gasteiger partial charge in [-0.05, 0) is 0 Å². The minimum absolute atomic E-state index is 0. The number of carboxylic acid groups (broad SMARTS) is 1. The molecule has 1 unspecified atom stereocenters. The van der Waals surface area contributed by atoms with E-state index in [1.807, 2.05) is 0 Å². The quantitative estimate of drug-likeness (QED) is 0.546. The molecular formula is C5H7ClF3NO3. The summed E-state index contributed by atoms with van der Waals surface area (Å²) < 4.78 is 38.4. The monoisotopic (exact) mass is 221 g/mol. The van der Waals surface area contributed by atoms with E-state index in [1.165, 1.54) is 0 Å². The normalized spacial score (nSPS) is 13.4. The molecule has 0 aromatic carbocycles. The summed E-state index contributed by atoms with van der Waals surface area (Å²) in [5, 5.41) is 7.99. The Kier molecular flexibility index (Phi) is 7.11. The first-order valence-corrected chi connectivity index (χ1v) is 2.72. The largest absolute Gasteiger partial charge is 0.478 e. The Morgan fingerprint density at radius 3 is 2.23 bits per heavy atom. The van der Waals surface area contributed by atoms with Gasteiger partial charge in [-0.25, -0.2) is 13.6 Å². The third-order valence-electron chi connectivity index (χ3n) is 0.713. The molecule has 3 N–H and O–H groups in total. The van der Waals surface area contributed by atoms with Crippen molar-refractivity contribution in [2.45, 2.75) is 12.8 Å². The molecule has 0 aliphatic heterocycles. The van der Waals surface area contributed by atoms with Gasteiger partial charge in [0.2, 0.25) is 0 Å². The second-order valence-electron chi connectivity index (χ2n) is 1.69. The highest BCUT2D eigenvalue weighted by Crippen LogP contribution is 2.08. The molecule has 0 bridgehead atoms. The topological polar surface area (TPSA) is 72.6 Å². The van der Waals surface area contributed by atoms with Crippen molar-refractivity contribution in [1.29, 1.82) is 0 Å². The van der Waals surface area contributed by atoms with E-state index in [-0.39, 0.29) is 18.5 Å². The molecule has 0 aliphatic rings. The number of halogens is 4. The van der Waals surface area contributed by atoms with Crippen LogP contribution in [-0.2, 0) is 9.53 Å². The Bertz CT molecular complexity index is 199. The minimum atomic E-state index is -3.36. The molecule has 0 radical (unpaired) electrons. The van der Waals surface area contributed by atoms with E-state index in [9.17, 15) is 18.0 Å². The number of alkyl halides is 3. The van der Waals surface area contributed by atoms with Crippen LogP contribution >= 0.6 is 12.4 Å². The lowest BCUT2D eigenvalue weighted by Crippen LogP contribution is -2.19. The number of aliphatic carboxylic acids is 1. The SMILES string of the molecule is Cl.N/C(=C\C(=O)O)OC(F)C(F)F. The van der Waals surface area contributed by atoms with E-state index in [0.29, 0.717) is 0 Å².